The van der Waals surface area contributed by atoms with Crippen molar-refractivity contribution < 1.29 is 9.50 Å². The van der Waals surface area contributed by atoms with Crippen LogP contribution in [0.2, 0.25) is 0 Å². The first-order valence-corrected chi connectivity index (χ1v) is 11.0. The number of aromatic hydroxyl groups is 1. The molecule has 6 nitrogen and oxygen atoms in total. The summed E-state index contributed by atoms with van der Waals surface area (Å²) >= 11 is 0. The number of benzene rings is 1. The van der Waals surface area contributed by atoms with Gasteiger partial charge in [-0.3, -0.25) is 14.7 Å². The van der Waals surface area contributed by atoms with Crippen molar-refractivity contribution in [1.29, 1.82) is 0 Å². The lowest BCUT2D eigenvalue weighted by molar-refractivity contribution is 0.111. The van der Waals surface area contributed by atoms with Gasteiger partial charge in [-0.05, 0) is 49.4 Å². The summed E-state index contributed by atoms with van der Waals surface area (Å²) in [4.78, 5) is 22.6. The Morgan fingerprint density at radius 3 is 2.53 bits per heavy atom. The Hall–Kier alpha value is -3.03. The van der Waals surface area contributed by atoms with Crippen LogP contribution >= 0.6 is 0 Å². The Morgan fingerprint density at radius 1 is 1.09 bits per heavy atom. The molecule has 3 aromatic rings. The Balaban J connectivity index is 1.82. The molecule has 0 radical (unpaired) electrons. The molecule has 32 heavy (non-hydrogen) atoms. The summed E-state index contributed by atoms with van der Waals surface area (Å²) in [7, 11) is 0. The van der Waals surface area contributed by atoms with Crippen LogP contribution < -0.4 is 5.56 Å². The summed E-state index contributed by atoms with van der Waals surface area (Å²) < 4.78 is 15.8. The van der Waals surface area contributed by atoms with E-state index in [2.05, 4.69) is 21.7 Å². The van der Waals surface area contributed by atoms with Crippen LogP contribution in [0.4, 0.5) is 4.39 Å². The second-order valence-electron chi connectivity index (χ2n) is 8.22. The van der Waals surface area contributed by atoms with Gasteiger partial charge < -0.3 is 14.6 Å². The third-order valence-corrected chi connectivity index (χ3v) is 6.23. The minimum Gasteiger partial charge on any atom is -0.507 e. The van der Waals surface area contributed by atoms with Gasteiger partial charge in [0.15, 0.2) is 0 Å². The van der Waals surface area contributed by atoms with E-state index in [-0.39, 0.29) is 22.7 Å². The molecule has 168 valence electrons. The van der Waals surface area contributed by atoms with Crippen LogP contribution in [0.25, 0.3) is 0 Å². The number of halogens is 1. The molecule has 0 bridgehead atoms. The summed E-state index contributed by atoms with van der Waals surface area (Å²) in [5, 5.41) is 10.9. The minimum atomic E-state index is -0.534. The monoisotopic (exact) mass is 436 g/mol. The maximum absolute atomic E-state index is 14.2. The van der Waals surface area contributed by atoms with E-state index in [9.17, 15) is 14.3 Å². The molecule has 0 saturated carbocycles. The van der Waals surface area contributed by atoms with Gasteiger partial charge in [-0.2, -0.15) is 0 Å². The average molecular weight is 437 g/mol. The van der Waals surface area contributed by atoms with E-state index in [4.69, 9.17) is 0 Å². The van der Waals surface area contributed by atoms with Crippen LogP contribution in [0.15, 0.2) is 59.5 Å². The lowest BCUT2D eigenvalue weighted by atomic mass is 9.95. The lowest BCUT2D eigenvalue weighted by Gasteiger charge is -2.39. The minimum absolute atomic E-state index is 0.0584. The molecule has 1 N–H and O–H groups in total. The zero-order valence-corrected chi connectivity index (χ0v) is 18.5. The summed E-state index contributed by atoms with van der Waals surface area (Å²) in [5.74, 6) is -0.419. The van der Waals surface area contributed by atoms with Crippen LogP contribution in [-0.4, -0.2) is 57.2 Å². The molecule has 1 atom stereocenters. The first-order valence-electron chi connectivity index (χ1n) is 11.0. The number of nitrogens with zero attached hydrogens (tertiary/aromatic N) is 4. The topological polar surface area (TPSA) is 61.6 Å². The van der Waals surface area contributed by atoms with Gasteiger partial charge in [0.2, 0.25) is 0 Å². The second-order valence-corrected chi connectivity index (χ2v) is 8.22. The largest absolute Gasteiger partial charge is 0.507 e. The number of rotatable bonds is 6. The molecule has 0 spiro atoms. The van der Waals surface area contributed by atoms with Gasteiger partial charge in [0.05, 0.1) is 23.8 Å². The highest BCUT2D eigenvalue weighted by atomic mass is 19.1. The van der Waals surface area contributed by atoms with Crippen LogP contribution in [-0.2, 0) is 6.54 Å². The number of piperazine rings is 1. The van der Waals surface area contributed by atoms with Gasteiger partial charge in [-0.15, -0.1) is 0 Å². The van der Waals surface area contributed by atoms with Gasteiger partial charge in [0.25, 0.3) is 5.56 Å². The highest BCUT2D eigenvalue weighted by molar-refractivity contribution is 5.41. The summed E-state index contributed by atoms with van der Waals surface area (Å²) in [6.07, 6.45) is 1.69. The zero-order valence-electron chi connectivity index (χ0n) is 18.5. The molecule has 1 aliphatic rings. The van der Waals surface area contributed by atoms with Crippen molar-refractivity contribution in [2.24, 2.45) is 0 Å². The zero-order chi connectivity index (χ0) is 22.7. The molecular weight excluding hydrogens is 407 g/mol. The number of hydrogen-bond acceptors (Lipinski definition) is 5. The average Bonchev–Trinajstić information content (AvgIpc) is 2.80. The Morgan fingerprint density at radius 2 is 1.88 bits per heavy atom. The lowest BCUT2D eigenvalue weighted by Crippen LogP contribution is -2.48. The van der Waals surface area contributed by atoms with E-state index in [1.165, 1.54) is 12.1 Å². The number of aryl methyl sites for hydroxylation is 1. The highest BCUT2D eigenvalue weighted by Gasteiger charge is 2.31. The molecule has 0 amide bonds. The van der Waals surface area contributed by atoms with E-state index >= 15 is 0 Å². The molecule has 1 saturated heterocycles. The fraction of sp³-hybridized carbons (Fsp3) is 0.360. The van der Waals surface area contributed by atoms with Crippen molar-refractivity contribution >= 4 is 0 Å². The molecule has 0 aliphatic carbocycles. The van der Waals surface area contributed by atoms with Crippen molar-refractivity contribution in [2.75, 3.05) is 32.7 Å². The van der Waals surface area contributed by atoms with Crippen molar-refractivity contribution in [2.45, 2.75) is 26.4 Å². The Labute approximate surface area is 187 Å². The summed E-state index contributed by atoms with van der Waals surface area (Å²) in [5.41, 5.74) is 2.07. The van der Waals surface area contributed by atoms with Crippen LogP contribution in [0.5, 0.6) is 5.75 Å². The van der Waals surface area contributed by atoms with Crippen molar-refractivity contribution in [3.8, 4) is 5.75 Å². The number of pyridine rings is 2. The van der Waals surface area contributed by atoms with Gasteiger partial charge in [0.1, 0.15) is 11.6 Å². The van der Waals surface area contributed by atoms with Crippen LogP contribution in [0.3, 0.4) is 0 Å². The molecule has 1 aliphatic heterocycles. The van der Waals surface area contributed by atoms with E-state index in [1.807, 2.05) is 24.3 Å². The molecule has 1 aromatic carbocycles. The fourth-order valence-corrected chi connectivity index (χ4v) is 4.45. The first-order chi connectivity index (χ1) is 15.5. The Kier molecular flexibility index (Phi) is 6.67. The number of hydrogen-bond donors (Lipinski definition) is 1. The highest BCUT2D eigenvalue weighted by Crippen LogP contribution is 2.33. The van der Waals surface area contributed by atoms with Crippen LogP contribution in [0, 0.1) is 12.7 Å². The second kappa shape index (κ2) is 9.63. The number of aromatic nitrogens is 2. The molecular formula is C25H29FN4O2. The normalized spacial score (nSPS) is 16.2. The van der Waals surface area contributed by atoms with Gasteiger partial charge in [-0.1, -0.05) is 25.1 Å². The quantitative estimate of drug-likeness (QED) is 0.643. The van der Waals surface area contributed by atoms with Crippen molar-refractivity contribution in [3.05, 3.63) is 93.4 Å². The smallest absolute Gasteiger partial charge is 0.260 e. The Bertz CT molecular complexity index is 1120. The van der Waals surface area contributed by atoms with Crippen LogP contribution in [0.1, 0.15) is 35.5 Å². The molecule has 1 fully saturated rings. The van der Waals surface area contributed by atoms with Gasteiger partial charge in [-0.25, -0.2) is 4.39 Å². The van der Waals surface area contributed by atoms with Crippen molar-refractivity contribution in [3.63, 3.8) is 0 Å². The van der Waals surface area contributed by atoms with Gasteiger partial charge >= 0.3 is 0 Å². The SMILES string of the molecule is CCN1CCN(C(c2cccc(F)c2)c2c(O)cc(C)n(Cc3ccccn3)c2=O)CC1. The van der Waals surface area contributed by atoms with E-state index < -0.39 is 6.04 Å². The summed E-state index contributed by atoms with van der Waals surface area (Å²) in [6, 6.07) is 13.0. The van der Waals surface area contributed by atoms with Gasteiger partial charge in [0, 0.05) is 38.1 Å². The first kappa shape index (κ1) is 22.2. The standard InChI is InChI=1S/C25H29FN4O2/c1-3-28-11-13-29(14-12-28)24(19-7-6-8-20(26)16-19)23-22(31)15-18(2)30(25(23)32)17-21-9-4-5-10-27-21/h4-10,15-16,24,31H,3,11-14,17H2,1-2H3. The molecule has 7 heteroatoms. The molecule has 4 rings (SSSR count). The van der Waals surface area contributed by atoms with E-state index in [0.29, 0.717) is 17.8 Å². The van der Waals surface area contributed by atoms with E-state index in [0.717, 1.165) is 38.4 Å². The maximum atomic E-state index is 14.2. The molecule has 3 heterocycles. The third-order valence-electron chi connectivity index (χ3n) is 6.23. The third kappa shape index (κ3) is 4.59. The summed E-state index contributed by atoms with van der Waals surface area (Å²) in [6.45, 7) is 8.36. The van der Waals surface area contributed by atoms with Crippen molar-refractivity contribution in [1.82, 2.24) is 19.4 Å². The molecule has 2 aromatic heterocycles. The number of likely N-dealkylation sites (N-methyl/N-ethyl adjacent to an activating group) is 1. The molecule has 1 unspecified atom stereocenters. The fourth-order valence-electron chi connectivity index (χ4n) is 4.45. The predicted molar refractivity (Wildman–Crippen MR) is 122 cm³/mol. The predicted octanol–water partition coefficient (Wildman–Crippen LogP) is 3.17. The van der Waals surface area contributed by atoms with E-state index in [1.54, 1.807) is 29.8 Å². The maximum Gasteiger partial charge on any atom is 0.260 e.